The van der Waals surface area contributed by atoms with Crippen molar-refractivity contribution in [2.45, 2.75) is 70.4 Å². The Hall–Kier alpha value is -0.570. The first-order valence-electron chi connectivity index (χ1n) is 7.29. The zero-order valence-corrected chi connectivity index (χ0v) is 11.0. The van der Waals surface area contributed by atoms with Crippen molar-refractivity contribution in [1.29, 1.82) is 0 Å². The number of hydrogen-bond donors (Lipinski definition) is 2. The van der Waals surface area contributed by atoms with Gasteiger partial charge in [-0.2, -0.15) is 0 Å². The van der Waals surface area contributed by atoms with Crippen LogP contribution in [0.1, 0.15) is 58.3 Å². The second-order valence-corrected chi connectivity index (χ2v) is 5.77. The van der Waals surface area contributed by atoms with Crippen molar-refractivity contribution >= 4 is 5.91 Å². The Balaban J connectivity index is 1.78. The van der Waals surface area contributed by atoms with E-state index in [9.17, 15) is 4.79 Å². The second-order valence-electron chi connectivity index (χ2n) is 5.77. The molecule has 2 aliphatic rings. The number of piperidine rings is 1. The van der Waals surface area contributed by atoms with Gasteiger partial charge in [0.15, 0.2) is 0 Å². The fourth-order valence-electron chi connectivity index (χ4n) is 3.11. The highest BCUT2D eigenvalue weighted by atomic mass is 16.1. The molecule has 0 spiro atoms. The van der Waals surface area contributed by atoms with Crippen LogP contribution in [0.4, 0.5) is 0 Å². The van der Waals surface area contributed by atoms with Crippen LogP contribution in [0.5, 0.6) is 0 Å². The van der Waals surface area contributed by atoms with Crippen LogP contribution in [-0.2, 0) is 4.79 Å². The van der Waals surface area contributed by atoms with Crippen molar-refractivity contribution in [2.24, 2.45) is 5.92 Å². The van der Waals surface area contributed by atoms with E-state index in [0.29, 0.717) is 18.0 Å². The molecule has 1 saturated carbocycles. The van der Waals surface area contributed by atoms with Gasteiger partial charge < -0.3 is 10.6 Å². The molecular weight excluding hydrogens is 212 g/mol. The van der Waals surface area contributed by atoms with Crippen molar-refractivity contribution in [3.63, 3.8) is 0 Å². The summed E-state index contributed by atoms with van der Waals surface area (Å²) in [5, 5.41) is 6.68. The molecule has 0 aromatic rings. The zero-order valence-electron chi connectivity index (χ0n) is 11.0. The number of amides is 1. The lowest BCUT2D eigenvalue weighted by molar-refractivity contribution is -0.126. The van der Waals surface area contributed by atoms with Gasteiger partial charge in [-0.15, -0.1) is 0 Å². The third-order valence-electron chi connectivity index (χ3n) is 4.20. The molecule has 0 unspecified atom stereocenters. The molecule has 1 amide bonds. The van der Waals surface area contributed by atoms with E-state index in [4.69, 9.17) is 0 Å². The molecule has 3 heteroatoms. The Morgan fingerprint density at radius 2 is 1.82 bits per heavy atom. The lowest BCUT2D eigenvalue weighted by Crippen LogP contribution is -2.45. The van der Waals surface area contributed by atoms with Crippen LogP contribution in [-0.4, -0.2) is 24.5 Å². The number of nitrogens with one attached hydrogen (secondary N) is 2. The highest BCUT2D eigenvalue weighted by molar-refractivity contribution is 5.79. The highest BCUT2D eigenvalue weighted by Gasteiger charge is 2.26. The Labute approximate surface area is 105 Å². The summed E-state index contributed by atoms with van der Waals surface area (Å²) in [5.41, 5.74) is 0. The minimum atomic E-state index is 0.245. The predicted molar refractivity (Wildman–Crippen MR) is 69.8 cm³/mol. The average molecular weight is 238 g/mol. The largest absolute Gasteiger partial charge is 0.353 e. The molecule has 2 N–H and O–H groups in total. The van der Waals surface area contributed by atoms with Crippen molar-refractivity contribution in [2.75, 3.05) is 6.54 Å². The number of carbonyl (C=O) groups excluding carboxylic acids is 1. The first kappa shape index (κ1) is 12.9. The molecule has 1 saturated heterocycles. The van der Waals surface area contributed by atoms with Crippen molar-refractivity contribution in [3.05, 3.63) is 0 Å². The standard InChI is InChI=1S/C14H26N2O/c1-11-10-12(8-9-15-11)14(17)16-13-6-4-2-3-5-7-13/h11-13,15H,2-10H2,1H3,(H,16,17)/t11-,12-/m0/s1. The van der Waals surface area contributed by atoms with Gasteiger partial charge in [0.2, 0.25) is 5.91 Å². The van der Waals surface area contributed by atoms with E-state index in [1.165, 1.54) is 38.5 Å². The van der Waals surface area contributed by atoms with Crippen LogP contribution >= 0.6 is 0 Å². The lowest BCUT2D eigenvalue weighted by Gasteiger charge is -2.28. The third kappa shape index (κ3) is 3.98. The van der Waals surface area contributed by atoms with Crippen molar-refractivity contribution in [3.8, 4) is 0 Å². The molecule has 17 heavy (non-hydrogen) atoms. The SMILES string of the molecule is C[C@H]1C[C@@H](C(=O)NC2CCCCCC2)CCN1. The van der Waals surface area contributed by atoms with Crippen LogP contribution < -0.4 is 10.6 Å². The van der Waals surface area contributed by atoms with Crippen LogP contribution in [0, 0.1) is 5.92 Å². The summed E-state index contributed by atoms with van der Waals surface area (Å²) in [6.45, 7) is 3.16. The summed E-state index contributed by atoms with van der Waals surface area (Å²) in [6.07, 6.45) is 9.63. The first-order chi connectivity index (χ1) is 8.25. The van der Waals surface area contributed by atoms with E-state index in [0.717, 1.165) is 19.4 Å². The van der Waals surface area contributed by atoms with E-state index in [1.54, 1.807) is 0 Å². The highest BCUT2D eigenvalue weighted by Crippen LogP contribution is 2.20. The fraction of sp³-hybridized carbons (Fsp3) is 0.929. The average Bonchev–Trinajstić information content (AvgIpc) is 2.57. The number of rotatable bonds is 2. The normalized spacial score (nSPS) is 31.8. The predicted octanol–water partition coefficient (Wildman–Crippen LogP) is 2.21. The molecule has 3 nitrogen and oxygen atoms in total. The fourth-order valence-corrected chi connectivity index (χ4v) is 3.11. The summed E-state index contributed by atoms with van der Waals surface area (Å²) < 4.78 is 0. The minimum Gasteiger partial charge on any atom is -0.353 e. The van der Waals surface area contributed by atoms with Crippen LogP contribution in [0.15, 0.2) is 0 Å². The molecule has 1 aliphatic carbocycles. The molecular formula is C14H26N2O. The summed E-state index contributed by atoms with van der Waals surface area (Å²) in [7, 11) is 0. The van der Waals surface area contributed by atoms with Gasteiger partial charge in [0, 0.05) is 18.0 Å². The van der Waals surface area contributed by atoms with E-state index in [1.807, 2.05) is 0 Å². The smallest absolute Gasteiger partial charge is 0.223 e. The molecule has 0 aromatic heterocycles. The van der Waals surface area contributed by atoms with Crippen LogP contribution in [0.25, 0.3) is 0 Å². The molecule has 0 aromatic carbocycles. The Kier molecular flexibility index (Phi) is 4.84. The Morgan fingerprint density at radius 1 is 1.12 bits per heavy atom. The molecule has 1 aliphatic heterocycles. The van der Waals surface area contributed by atoms with E-state index >= 15 is 0 Å². The van der Waals surface area contributed by atoms with Crippen LogP contribution in [0.2, 0.25) is 0 Å². The summed E-state index contributed by atoms with van der Waals surface area (Å²) >= 11 is 0. The van der Waals surface area contributed by atoms with E-state index in [-0.39, 0.29) is 5.92 Å². The Morgan fingerprint density at radius 3 is 2.47 bits per heavy atom. The van der Waals surface area contributed by atoms with E-state index in [2.05, 4.69) is 17.6 Å². The van der Waals surface area contributed by atoms with Gasteiger partial charge in [0.25, 0.3) is 0 Å². The first-order valence-corrected chi connectivity index (χ1v) is 7.29. The van der Waals surface area contributed by atoms with Gasteiger partial charge in [-0.3, -0.25) is 4.79 Å². The molecule has 2 atom stereocenters. The van der Waals surface area contributed by atoms with Gasteiger partial charge >= 0.3 is 0 Å². The zero-order chi connectivity index (χ0) is 12.1. The molecule has 2 fully saturated rings. The molecule has 98 valence electrons. The minimum absolute atomic E-state index is 0.245. The molecule has 1 heterocycles. The third-order valence-corrected chi connectivity index (χ3v) is 4.20. The monoisotopic (exact) mass is 238 g/mol. The maximum absolute atomic E-state index is 12.2. The second kappa shape index (κ2) is 6.39. The van der Waals surface area contributed by atoms with Crippen molar-refractivity contribution < 1.29 is 4.79 Å². The maximum Gasteiger partial charge on any atom is 0.223 e. The van der Waals surface area contributed by atoms with Gasteiger partial charge in [0.1, 0.15) is 0 Å². The molecule has 2 rings (SSSR count). The molecule has 0 bridgehead atoms. The van der Waals surface area contributed by atoms with Crippen LogP contribution in [0.3, 0.4) is 0 Å². The van der Waals surface area contributed by atoms with Gasteiger partial charge in [0.05, 0.1) is 0 Å². The topological polar surface area (TPSA) is 41.1 Å². The quantitative estimate of drug-likeness (QED) is 0.724. The van der Waals surface area contributed by atoms with Crippen molar-refractivity contribution in [1.82, 2.24) is 10.6 Å². The van der Waals surface area contributed by atoms with Gasteiger partial charge in [-0.25, -0.2) is 0 Å². The summed E-state index contributed by atoms with van der Waals surface area (Å²) in [5.74, 6) is 0.555. The number of carbonyl (C=O) groups is 1. The number of hydrogen-bond acceptors (Lipinski definition) is 2. The molecule has 0 radical (unpaired) electrons. The maximum atomic E-state index is 12.2. The van der Waals surface area contributed by atoms with E-state index < -0.39 is 0 Å². The lowest BCUT2D eigenvalue weighted by atomic mass is 9.92. The van der Waals surface area contributed by atoms with Gasteiger partial charge in [-0.05, 0) is 39.2 Å². The summed E-state index contributed by atoms with van der Waals surface area (Å²) in [6, 6.07) is 0.948. The van der Waals surface area contributed by atoms with Gasteiger partial charge in [-0.1, -0.05) is 25.7 Å². The Bertz CT molecular complexity index is 247. The summed E-state index contributed by atoms with van der Waals surface area (Å²) in [4.78, 5) is 12.2.